The first-order valence-corrected chi connectivity index (χ1v) is 18.5. The Morgan fingerprint density at radius 2 is 0.957 bits per heavy atom. The van der Waals surface area contributed by atoms with Gasteiger partial charge in [-0.3, -0.25) is 29.0 Å². The summed E-state index contributed by atoms with van der Waals surface area (Å²) in [5.41, 5.74) is -0.795. The maximum Gasteiger partial charge on any atom is 0.233 e. The van der Waals surface area contributed by atoms with Crippen molar-refractivity contribution in [2.24, 2.45) is 35.5 Å². The lowest BCUT2D eigenvalue weighted by atomic mass is 9.72. The van der Waals surface area contributed by atoms with E-state index in [9.17, 15) is 19.2 Å². The number of likely N-dealkylation sites (tertiary alicyclic amines) is 2. The van der Waals surface area contributed by atoms with Crippen molar-refractivity contribution in [2.75, 3.05) is 0 Å². The van der Waals surface area contributed by atoms with Gasteiger partial charge >= 0.3 is 0 Å². The smallest absolute Gasteiger partial charge is 0.233 e. The SMILES string of the molecule is CCC(CC)CC1C(=O)N(C2CC(C)(C)NC(C)(C)C2)C(=O)C1C(CC)CC1C(=O)N(C2CC(C)(C)NC(C)(C)C2)C(=O)C1CC. The Morgan fingerprint density at radius 1 is 0.565 bits per heavy atom. The summed E-state index contributed by atoms with van der Waals surface area (Å²) in [5, 5.41) is 7.39. The second kappa shape index (κ2) is 13.2. The highest BCUT2D eigenvalue weighted by molar-refractivity contribution is 6.06. The standard InChI is InChI=1S/C38H66N4O4/c1-13-23(14-2)17-29-30(34(46)42(33(29)45)26-21-37(9,10)40-38(11,12)22-26)24(15-3)18-28-27(16-4)31(43)41(32(28)44)25-19-35(5,6)39-36(7,8)20-25/h23-30,39-40H,13-22H2,1-12H3. The van der Waals surface area contributed by atoms with Gasteiger partial charge in [0.15, 0.2) is 0 Å². The minimum atomic E-state index is -0.453. The molecule has 4 saturated heterocycles. The molecular weight excluding hydrogens is 576 g/mol. The summed E-state index contributed by atoms with van der Waals surface area (Å²) in [4.78, 5) is 60.7. The highest BCUT2D eigenvalue weighted by atomic mass is 16.2. The predicted octanol–water partition coefficient (Wildman–Crippen LogP) is 6.46. The molecule has 4 heterocycles. The second-order valence-electron chi connectivity index (χ2n) is 18.1. The van der Waals surface area contributed by atoms with Crippen molar-refractivity contribution in [3.8, 4) is 0 Å². The van der Waals surface area contributed by atoms with Crippen LogP contribution in [0.5, 0.6) is 0 Å². The van der Waals surface area contributed by atoms with Crippen LogP contribution in [0.2, 0.25) is 0 Å². The largest absolute Gasteiger partial charge is 0.307 e. The fourth-order valence-electron chi connectivity index (χ4n) is 10.6. The number of hydrogen-bond donors (Lipinski definition) is 2. The molecule has 5 atom stereocenters. The third-order valence-electron chi connectivity index (χ3n) is 11.9. The van der Waals surface area contributed by atoms with E-state index in [2.05, 4.69) is 86.8 Å². The van der Waals surface area contributed by atoms with Crippen molar-refractivity contribution < 1.29 is 19.2 Å². The third-order valence-corrected chi connectivity index (χ3v) is 11.9. The zero-order chi connectivity index (χ0) is 34.6. The van der Waals surface area contributed by atoms with Gasteiger partial charge in [-0.05, 0) is 112 Å². The summed E-state index contributed by atoms with van der Waals surface area (Å²) in [6, 6.07) is -0.303. The Kier molecular flexibility index (Phi) is 10.7. The summed E-state index contributed by atoms with van der Waals surface area (Å²) in [6.45, 7) is 25.6. The van der Waals surface area contributed by atoms with Gasteiger partial charge in [0.2, 0.25) is 23.6 Å². The van der Waals surface area contributed by atoms with Crippen LogP contribution in [0.1, 0.15) is 147 Å². The number of nitrogens with zero attached hydrogens (tertiary/aromatic N) is 2. The van der Waals surface area contributed by atoms with Gasteiger partial charge in [0, 0.05) is 40.2 Å². The quantitative estimate of drug-likeness (QED) is 0.251. The summed E-state index contributed by atoms with van der Waals surface area (Å²) in [7, 11) is 0. The normalized spacial score (nSPS) is 32.2. The minimum Gasteiger partial charge on any atom is -0.307 e. The number of carbonyl (C=O) groups excluding carboxylic acids is 4. The van der Waals surface area contributed by atoms with Crippen LogP contribution in [0.4, 0.5) is 0 Å². The zero-order valence-corrected chi connectivity index (χ0v) is 31.2. The van der Waals surface area contributed by atoms with E-state index in [1.807, 2.05) is 6.92 Å². The van der Waals surface area contributed by atoms with E-state index in [1.54, 1.807) is 9.80 Å². The molecule has 5 unspecified atom stereocenters. The van der Waals surface area contributed by atoms with Crippen molar-refractivity contribution >= 4 is 23.6 Å². The van der Waals surface area contributed by atoms with Gasteiger partial charge in [0.05, 0.1) is 17.8 Å². The lowest BCUT2D eigenvalue weighted by Gasteiger charge is -2.48. The predicted molar refractivity (Wildman–Crippen MR) is 184 cm³/mol. The molecule has 4 amide bonds. The molecule has 8 nitrogen and oxygen atoms in total. The number of nitrogens with one attached hydrogen (secondary N) is 2. The molecule has 8 heteroatoms. The van der Waals surface area contributed by atoms with Crippen LogP contribution in [0.15, 0.2) is 0 Å². The molecule has 0 spiro atoms. The van der Waals surface area contributed by atoms with Crippen molar-refractivity contribution in [3.63, 3.8) is 0 Å². The van der Waals surface area contributed by atoms with Gasteiger partial charge < -0.3 is 10.6 Å². The molecule has 0 bridgehead atoms. The van der Waals surface area contributed by atoms with E-state index in [1.165, 1.54) is 0 Å². The number of rotatable bonds is 11. The van der Waals surface area contributed by atoms with Crippen LogP contribution in [-0.4, -0.2) is 67.7 Å². The fourth-order valence-corrected chi connectivity index (χ4v) is 10.6. The molecule has 0 aromatic rings. The molecule has 0 aromatic carbocycles. The topological polar surface area (TPSA) is 98.8 Å². The molecule has 0 saturated carbocycles. The van der Waals surface area contributed by atoms with Crippen LogP contribution in [0, 0.1) is 35.5 Å². The summed E-state index contributed by atoms with van der Waals surface area (Å²) in [5.74, 6) is -1.61. The monoisotopic (exact) mass is 643 g/mol. The Hall–Kier alpha value is -1.80. The molecule has 4 rings (SSSR count). The van der Waals surface area contributed by atoms with Crippen LogP contribution in [0.25, 0.3) is 0 Å². The summed E-state index contributed by atoms with van der Waals surface area (Å²) < 4.78 is 0. The van der Waals surface area contributed by atoms with Crippen LogP contribution in [-0.2, 0) is 19.2 Å². The minimum absolute atomic E-state index is 0.0134. The van der Waals surface area contributed by atoms with Gasteiger partial charge in [-0.15, -0.1) is 0 Å². The molecule has 4 aliphatic heterocycles. The van der Waals surface area contributed by atoms with Gasteiger partial charge in [0.25, 0.3) is 0 Å². The summed E-state index contributed by atoms with van der Waals surface area (Å²) >= 11 is 0. The van der Waals surface area contributed by atoms with E-state index in [0.717, 1.165) is 38.5 Å². The van der Waals surface area contributed by atoms with Crippen molar-refractivity contribution in [1.29, 1.82) is 0 Å². The van der Waals surface area contributed by atoms with E-state index < -0.39 is 11.8 Å². The van der Waals surface area contributed by atoms with E-state index >= 15 is 0 Å². The fraction of sp³-hybridized carbons (Fsp3) is 0.895. The number of imide groups is 2. The third kappa shape index (κ3) is 7.43. The number of carbonyl (C=O) groups is 4. The Bertz CT molecular complexity index is 1140. The van der Waals surface area contributed by atoms with Crippen molar-refractivity contribution in [2.45, 2.75) is 182 Å². The molecular formula is C38H66N4O4. The van der Waals surface area contributed by atoms with Crippen LogP contribution in [0.3, 0.4) is 0 Å². The molecule has 46 heavy (non-hydrogen) atoms. The Morgan fingerprint density at radius 3 is 1.35 bits per heavy atom. The van der Waals surface area contributed by atoms with Gasteiger partial charge in [-0.1, -0.05) is 47.0 Å². The van der Waals surface area contributed by atoms with E-state index in [4.69, 9.17) is 0 Å². The Labute approximate surface area is 279 Å². The van der Waals surface area contributed by atoms with Crippen LogP contribution < -0.4 is 10.6 Å². The molecule has 0 aromatic heterocycles. The first-order chi connectivity index (χ1) is 21.2. The maximum absolute atomic E-state index is 14.6. The van der Waals surface area contributed by atoms with E-state index in [0.29, 0.717) is 31.6 Å². The molecule has 262 valence electrons. The lowest BCUT2D eigenvalue weighted by Crippen LogP contribution is -2.63. The molecule has 0 aliphatic carbocycles. The highest BCUT2D eigenvalue weighted by Crippen LogP contribution is 2.47. The van der Waals surface area contributed by atoms with E-state index in [-0.39, 0.29) is 75.6 Å². The van der Waals surface area contributed by atoms with Crippen molar-refractivity contribution in [1.82, 2.24) is 20.4 Å². The van der Waals surface area contributed by atoms with Crippen LogP contribution >= 0.6 is 0 Å². The zero-order valence-electron chi connectivity index (χ0n) is 31.2. The number of hydrogen-bond acceptors (Lipinski definition) is 6. The maximum atomic E-state index is 14.6. The molecule has 0 radical (unpaired) electrons. The van der Waals surface area contributed by atoms with Gasteiger partial charge in [-0.2, -0.15) is 0 Å². The second-order valence-corrected chi connectivity index (χ2v) is 18.1. The van der Waals surface area contributed by atoms with Crippen molar-refractivity contribution in [3.05, 3.63) is 0 Å². The molecule has 4 fully saturated rings. The average Bonchev–Trinajstić information content (AvgIpc) is 3.28. The molecule has 4 aliphatic rings. The first-order valence-electron chi connectivity index (χ1n) is 18.5. The highest BCUT2D eigenvalue weighted by Gasteiger charge is 2.57. The number of piperidine rings is 2. The summed E-state index contributed by atoms with van der Waals surface area (Å²) in [6.07, 6.45) is 7.30. The first kappa shape index (κ1) is 37.0. The lowest BCUT2D eigenvalue weighted by molar-refractivity contribution is -0.147. The average molecular weight is 643 g/mol. The molecule has 2 N–H and O–H groups in total. The number of amides is 4. The van der Waals surface area contributed by atoms with Gasteiger partial charge in [-0.25, -0.2) is 0 Å². The Balaban J connectivity index is 1.66. The van der Waals surface area contributed by atoms with Gasteiger partial charge in [0.1, 0.15) is 0 Å².